The number of Topliss-reactive ketones (excluding diaryl/α,β-unsaturated/α-hetero) is 1. The molecular weight excluding hydrogens is 729 g/mol. The summed E-state index contributed by atoms with van der Waals surface area (Å²) in [5.41, 5.74) is 3.74. The van der Waals surface area contributed by atoms with E-state index in [4.69, 9.17) is 18.9 Å². The first-order chi connectivity index (χ1) is 26.4. The first-order valence-electron chi connectivity index (χ1n) is 18.4. The minimum atomic E-state index is -2.03. The Morgan fingerprint density at radius 1 is 1.07 bits per heavy atom. The maximum Gasteiger partial charge on any atom is 0.332 e. The summed E-state index contributed by atoms with van der Waals surface area (Å²) in [5.74, 6) is -1.19. The molecule has 4 N–H and O–H groups in total. The largest absolute Gasteiger partial charge is 0.504 e. The Morgan fingerprint density at radius 2 is 1.84 bits per heavy atom. The van der Waals surface area contributed by atoms with E-state index in [0.29, 0.717) is 77.1 Å². The molecule has 3 aromatic carbocycles. The summed E-state index contributed by atoms with van der Waals surface area (Å²) in [6.45, 7) is 3.83. The predicted molar refractivity (Wildman–Crippen MR) is 197 cm³/mol. The van der Waals surface area contributed by atoms with Crippen LogP contribution >= 0.6 is 0 Å². The Balaban J connectivity index is 1.36. The molecule has 0 amide bonds. The average molecular weight is 771 g/mol. The molecule has 1 spiro atoms. The van der Waals surface area contributed by atoms with Crippen molar-refractivity contribution in [3.63, 3.8) is 0 Å². The number of aromatic hydroxyl groups is 3. The van der Waals surface area contributed by atoms with Crippen molar-refractivity contribution in [2.45, 2.75) is 74.1 Å². The minimum Gasteiger partial charge on any atom is -0.504 e. The maximum atomic E-state index is 16.0. The van der Waals surface area contributed by atoms with Crippen LogP contribution in [0, 0.1) is 18.3 Å². The number of nitriles is 1. The van der Waals surface area contributed by atoms with E-state index in [-0.39, 0.29) is 46.9 Å². The Hall–Kier alpha value is -4.88. The van der Waals surface area contributed by atoms with Crippen LogP contribution in [-0.2, 0) is 45.1 Å². The van der Waals surface area contributed by atoms with E-state index in [2.05, 4.69) is 11.4 Å². The van der Waals surface area contributed by atoms with Gasteiger partial charge in [0, 0.05) is 52.1 Å². The smallest absolute Gasteiger partial charge is 0.332 e. The number of benzene rings is 3. The predicted octanol–water partition coefficient (Wildman–Crippen LogP) is 2.88. The number of phenols is 3. The number of esters is 1. The van der Waals surface area contributed by atoms with Gasteiger partial charge >= 0.3 is 5.97 Å². The SMILES string of the molecule is COc1cc2c(cc1O)CCN[C@]21CS(=O)[C@@H]2c3c(C(C)=O)c(C)c4c(c3C(COC1=O)N1C2[C@H]2c3c(cc(O)c(OC)c3O)C[C@@H]([C@@H]1C#N)N2C)OCC4. The number of carbonyl (C=O) groups is 2. The lowest BCUT2D eigenvalue weighted by Crippen LogP contribution is -2.70. The fourth-order valence-electron chi connectivity index (χ4n) is 10.7. The highest BCUT2D eigenvalue weighted by molar-refractivity contribution is 7.85. The second kappa shape index (κ2) is 12.6. The summed E-state index contributed by atoms with van der Waals surface area (Å²) >= 11 is 0. The lowest BCUT2D eigenvalue weighted by Gasteiger charge is -2.62. The summed E-state index contributed by atoms with van der Waals surface area (Å²) in [6, 6.07) is 3.59. The number of ether oxygens (including phenoxy) is 4. The molecule has 55 heavy (non-hydrogen) atoms. The molecule has 2 fully saturated rings. The van der Waals surface area contributed by atoms with Gasteiger partial charge in [-0.2, -0.15) is 5.26 Å². The van der Waals surface area contributed by atoms with Crippen LogP contribution in [-0.4, -0.2) is 106 Å². The standard InChI is InChI=1S/C40H42N4O10S/c1-17-21-7-9-53-36(21)31-25-15-54-39(49)40(22-13-28(51-4)26(46)11-19(22)6-8-42-40)16-55(50)38(32(31)29(17)18(2)45)34-33-30-20(12-27(47)37(52-5)35(30)48)10-23(43(33)3)24(14-41)44(25)34/h11-13,23-25,33-34,38,42,46-48H,6-10,15-16H2,1-5H3/t23-,24-,25?,33+,34?,38+,40+,55?/m0/s1. The number of carbonyl (C=O) groups excluding carboxylic acids is 2. The molecule has 14 nitrogen and oxygen atoms in total. The van der Waals surface area contributed by atoms with E-state index >= 15 is 4.21 Å². The average Bonchev–Trinajstić information content (AvgIpc) is 3.64. The lowest BCUT2D eigenvalue weighted by atomic mass is 9.70. The molecule has 288 valence electrons. The van der Waals surface area contributed by atoms with E-state index in [1.165, 1.54) is 21.1 Å². The van der Waals surface area contributed by atoms with E-state index in [1.54, 1.807) is 18.2 Å². The van der Waals surface area contributed by atoms with E-state index < -0.39 is 57.8 Å². The quantitative estimate of drug-likeness (QED) is 0.225. The molecule has 10 rings (SSSR count). The maximum absolute atomic E-state index is 16.0. The van der Waals surface area contributed by atoms with Gasteiger partial charge in [0.15, 0.2) is 34.3 Å². The summed E-state index contributed by atoms with van der Waals surface area (Å²) in [5, 5.41) is 47.0. The Labute approximate surface area is 320 Å². The molecule has 15 heteroatoms. The van der Waals surface area contributed by atoms with Crippen molar-refractivity contribution >= 4 is 22.6 Å². The number of nitrogens with one attached hydrogen (secondary N) is 1. The number of fused-ring (bicyclic) bond motifs is 9. The highest BCUT2D eigenvalue weighted by atomic mass is 32.2. The van der Waals surface area contributed by atoms with Gasteiger partial charge in [0.2, 0.25) is 5.75 Å². The van der Waals surface area contributed by atoms with Gasteiger partial charge < -0.3 is 34.3 Å². The molecule has 7 heterocycles. The molecule has 0 saturated carbocycles. The van der Waals surface area contributed by atoms with Gasteiger partial charge in [-0.3, -0.25) is 24.1 Å². The molecule has 3 unspecified atom stereocenters. The van der Waals surface area contributed by atoms with Gasteiger partial charge in [-0.15, -0.1) is 0 Å². The van der Waals surface area contributed by atoms with Crippen LogP contribution in [0.2, 0.25) is 0 Å². The van der Waals surface area contributed by atoms with Crippen LogP contribution in [0.25, 0.3) is 0 Å². The lowest BCUT2D eigenvalue weighted by molar-refractivity contribution is -0.157. The molecule has 2 saturated heterocycles. The molecule has 0 aromatic heterocycles. The Bertz CT molecular complexity index is 2290. The van der Waals surface area contributed by atoms with Crippen molar-refractivity contribution in [1.29, 1.82) is 5.26 Å². The number of nitrogens with zero attached hydrogens (tertiary/aromatic N) is 3. The molecule has 0 aliphatic carbocycles. The van der Waals surface area contributed by atoms with Crippen molar-refractivity contribution < 1.29 is 48.1 Å². The third-order valence-electron chi connectivity index (χ3n) is 12.9. The van der Waals surface area contributed by atoms with Crippen molar-refractivity contribution in [3.8, 4) is 40.6 Å². The Morgan fingerprint density at radius 3 is 2.55 bits per heavy atom. The number of ketones is 1. The van der Waals surface area contributed by atoms with E-state index in [9.17, 15) is 30.2 Å². The van der Waals surface area contributed by atoms with Crippen LogP contribution in [0.4, 0.5) is 0 Å². The molecule has 7 aliphatic heterocycles. The Kier molecular flexibility index (Phi) is 8.18. The normalized spacial score (nSPS) is 30.5. The van der Waals surface area contributed by atoms with Crippen molar-refractivity contribution in [3.05, 3.63) is 68.3 Å². The highest BCUT2D eigenvalue weighted by Gasteiger charge is 2.63. The van der Waals surface area contributed by atoms with Crippen LogP contribution in [0.3, 0.4) is 0 Å². The molecule has 8 atom stereocenters. The molecule has 4 bridgehead atoms. The second-order valence-corrected chi connectivity index (χ2v) is 16.9. The van der Waals surface area contributed by atoms with Gasteiger partial charge in [0.05, 0.1) is 56.0 Å². The highest BCUT2D eigenvalue weighted by Crippen LogP contribution is 2.61. The third-order valence-corrected chi connectivity index (χ3v) is 14.7. The summed E-state index contributed by atoms with van der Waals surface area (Å²) in [4.78, 5) is 32.8. The topological polar surface area (TPSA) is 191 Å². The first-order valence-corrected chi connectivity index (χ1v) is 19.8. The van der Waals surface area contributed by atoms with Gasteiger partial charge in [-0.1, -0.05) is 0 Å². The van der Waals surface area contributed by atoms with E-state index in [0.717, 1.165) is 11.1 Å². The van der Waals surface area contributed by atoms with Crippen molar-refractivity contribution in [1.82, 2.24) is 15.1 Å². The molecule has 0 radical (unpaired) electrons. The minimum absolute atomic E-state index is 0.0914. The van der Waals surface area contributed by atoms with Gasteiger partial charge in [-0.25, -0.2) is 4.79 Å². The second-order valence-electron chi connectivity index (χ2n) is 15.4. The third kappa shape index (κ3) is 4.71. The zero-order chi connectivity index (χ0) is 38.8. The van der Waals surface area contributed by atoms with Gasteiger partial charge in [0.1, 0.15) is 18.4 Å². The zero-order valence-electron chi connectivity index (χ0n) is 31.1. The number of hydrogen-bond donors (Lipinski definition) is 4. The van der Waals surface area contributed by atoms with Crippen LogP contribution in [0.1, 0.15) is 79.1 Å². The molecule has 7 aliphatic rings. The summed E-state index contributed by atoms with van der Waals surface area (Å²) < 4.78 is 39.7. The van der Waals surface area contributed by atoms with Crippen LogP contribution in [0.5, 0.6) is 34.5 Å². The van der Waals surface area contributed by atoms with Gasteiger partial charge in [0.25, 0.3) is 0 Å². The van der Waals surface area contributed by atoms with Gasteiger partial charge in [-0.05, 0) is 79.8 Å². The monoisotopic (exact) mass is 770 g/mol. The zero-order valence-corrected chi connectivity index (χ0v) is 31.9. The molecule has 3 aromatic rings. The van der Waals surface area contributed by atoms with Crippen LogP contribution < -0.4 is 19.5 Å². The number of piperazine rings is 1. The molecular formula is C40H42N4O10S. The fraction of sp³-hybridized carbons (Fsp3) is 0.475. The number of likely N-dealkylation sites (N-methyl/N-ethyl adjacent to an activating group) is 1. The first kappa shape index (κ1) is 35.8. The summed E-state index contributed by atoms with van der Waals surface area (Å²) in [6.07, 6.45) is 1.32. The number of phenolic OH excluding ortho intramolecular Hbond substituents is 3. The van der Waals surface area contributed by atoms with Crippen LogP contribution in [0.15, 0.2) is 18.2 Å². The summed E-state index contributed by atoms with van der Waals surface area (Å²) in [7, 11) is 2.61. The number of methoxy groups -OCH3 is 2. The van der Waals surface area contributed by atoms with Crippen molar-refractivity contribution in [2.24, 2.45) is 0 Å². The number of rotatable bonds is 3. The van der Waals surface area contributed by atoms with Crippen molar-refractivity contribution in [2.75, 3.05) is 46.8 Å². The fourth-order valence-corrected chi connectivity index (χ4v) is 12.8. The number of hydrogen-bond acceptors (Lipinski definition) is 14. The van der Waals surface area contributed by atoms with E-state index in [1.807, 2.05) is 23.8 Å².